The number of hydrogen-bond donors (Lipinski definition) is 2. The van der Waals surface area contributed by atoms with Crippen molar-refractivity contribution in [3.05, 3.63) is 70.1 Å². The Morgan fingerprint density at radius 2 is 1.76 bits per heavy atom. The molecule has 0 saturated carbocycles. The summed E-state index contributed by atoms with van der Waals surface area (Å²) in [5.74, 6) is -1.37. The second-order valence-corrected chi connectivity index (χ2v) is 8.83. The molecule has 1 aromatic heterocycles. The van der Waals surface area contributed by atoms with Gasteiger partial charge in [0.05, 0.1) is 11.8 Å². The van der Waals surface area contributed by atoms with E-state index in [0.717, 1.165) is 36.8 Å². The summed E-state index contributed by atoms with van der Waals surface area (Å²) in [5, 5.41) is 21.1. The minimum atomic E-state index is -0.940. The highest BCUT2D eigenvalue weighted by molar-refractivity contribution is 6.31. The maximum absolute atomic E-state index is 13.1. The first kappa shape index (κ1) is 24.9. The van der Waals surface area contributed by atoms with Crippen LogP contribution in [0.1, 0.15) is 72.7 Å². The first-order chi connectivity index (χ1) is 15.8. The number of carbonyl (C=O) groups excluding carboxylic acids is 1. The Hall–Kier alpha value is -2.70. The average molecular weight is 474 g/mol. The molecule has 0 aliphatic carbocycles. The number of ketones is 1. The van der Waals surface area contributed by atoms with Gasteiger partial charge in [0.2, 0.25) is 0 Å². The van der Waals surface area contributed by atoms with Crippen molar-refractivity contribution in [3.63, 3.8) is 0 Å². The van der Waals surface area contributed by atoms with Crippen LogP contribution in [0.25, 0.3) is 10.9 Å². The number of benzene rings is 2. The summed E-state index contributed by atoms with van der Waals surface area (Å²) >= 11 is 6.18. The third kappa shape index (κ3) is 6.42. The molecule has 0 fully saturated rings. The number of carbonyl (C=O) groups is 2. The maximum Gasteiger partial charge on any atom is 0.303 e. The molecule has 3 rings (SSSR count). The highest BCUT2D eigenvalue weighted by Crippen LogP contribution is 2.34. The Kier molecular flexibility index (Phi) is 8.64. The van der Waals surface area contributed by atoms with Gasteiger partial charge in [-0.15, -0.1) is 0 Å². The van der Waals surface area contributed by atoms with Crippen molar-refractivity contribution in [2.75, 3.05) is 0 Å². The van der Waals surface area contributed by atoms with E-state index < -0.39 is 12.1 Å². The molecule has 33 heavy (non-hydrogen) atoms. The van der Waals surface area contributed by atoms with Gasteiger partial charge in [0, 0.05) is 41.4 Å². The van der Waals surface area contributed by atoms with E-state index in [1.807, 2.05) is 17.7 Å². The Morgan fingerprint density at radius 1 is 1.03 bits per heavy atom. The van der Waals surface area contributed by atoms with Gasteiger partial charge in [-0.2, -0.15) is 0 Å². The lowest BCUT2D eigenvalue weighted by Crippen LogP contribution is -2.11. The lowest BCUT2D eigenvalue weighted by molar-refractivity contribution is -0.137. The molecule has 0 radical (unpaired) electrons. The predicted molar refractivity (Wildman–Crippen MR) is 127 cm³/mol. The number of nitrogens with zero attached hydrogens (tertiary/aromatic N) is 1. The van der Waals surface area contributed by atoms with Crippen LogP contribution < -0.4 is 0 Å². The van der Waals surface area contributed by atoms with E-state index in [0.29, 0.717) is 28.1 Å². The lowest BCUT2D eigenvalue weighted by atomic mass is 9.97. The summed E-state index contributed by atoms with van der Waals surface area (Å²) < 4.78 is 14.9. The molecule has 0 amide bonds. The number of carboxylic acids is 1. The van der Waals surface area contributed by atoms with Crippen LogP contribution in [-0.4, -0.2) is 26.5 Å². The highest BCUT2D eigenvalue weighted by atomic mass is 35.5. The highest BCUT2D eigenvalue weighted by Gasteiger charge is 2.25. The molecule has 0 spiro atoms. The fourth-order valence-corrected chi connectivity index (χ4v) is 4.45. The number of rotatable bonds is 12. The summed E-state index contributed by atoms with van der Waals surface area (Å²) in [4.78, 5) is 23.9. The molecule has 2 aromatic carbocycles. The van der Waals surface area contributed by atoms with Crippen LogP contribution in [0, 0.1) is 5.82 Å². The molecule has 7 heteroatoms. The topological polar surface area (TPSA) is 79.5 Å². The third-order valence-electron chi connectivity index (χ3n) is 5.95. The van der Waals surface area contributed by atoms with E-state index in [9.17, 15) is 19.1 Å². The summed E-state index contributed by atoms with van der Waals surface area (Å²) in [5.41, 5.74) is 2.86. The molecule has 1 heterocycles. The maximum atomic E-state index is 13.1. The molecule has 5 nitrogen and oxygen atoms in total. The minimum absolute atomic E-state index is 0.0802. The summed E-state index contributed by atoms with van der Waals surface area (Å²) in [6.07, 6.45) is 3.36. The van der Waals surface area contributed by atoms with Crippen LogP contribution in [0.4, 0.5) is 4.39 Å². The Balaban J connectivity index is 1.70. The number of Topliss-reactive ketones (excluding diaryl/α,β-unsaturated/α-hetero) is 1. The van der Waals surface area contributed by atoms with Crippen molar-refractivity contribution < 1.29 is 24.2 Å². The first-order valence-electron chi connectivity index (χ1n) is 11.2. The van der Waals surface area contributed by atoms with Crippen molar-refractivity contribution in [1.82, 2.24) is 4.57 Å². The molecule has 176 valence electrons. The summed E-state index contributed by atoms with van der Waals surface area (Å²) in [6, 6.07) is 11.8. The van der Waals surface area contributed by atoms with Gasteiger partial charge in [0.25, 0.3) is 0 Å². The number of aliphatic hydroxyl groups excluding tert-OH is 1. The van der Waals surface area contributed by atoms with Crippen LogP contribution in [0.15, 0.2) is 42.5 Å². The lowest BCUT2D eigenvalue weighted by Gasteiger charge is -2.15. The van der Waals surface area contributed by atoms with Gasteiger partial charge < -0.3 is 14.8 Å². The molecule has 0 aliphatic rings. The number of aromatic nitrogens is 1. The number of aliphatic carboxylic acids is 1. The molecular weight excluding hydrogens is 445 g/mol. The van der Waals surface area contributed by atoms with E-state index in [4.69, 9.17) is 16.7 Å². The molecule has 0 bridgehead atoms. The van der Waals surface area contributed by atoms with Gasteiger partial charge in [0.15, 0.2) is 5.78 Å². The van der Waals surface area contributed by atoms with E-state index in [1.54, 1.807) is 24.3 Å². The Labute approximate surface area is 197 Å². The Morgan fingerprint density at radius 3 is 2.45 bits per heavy atom. The van der Waals surface area contributed by atoms with Gasteiger partial charge in [-0.1, -0.05) is 36.6 Å². The van der Waals surface area contributed by atoms with Crippen molar-refractivity contribution in [3.8, 4) is 0 Å². The molecule has 2 N–H and O–H groups in total. The van der Waals surface area contributed by atoms with Gasteiger partial charge in [-0.05, 0) is 61.6 Å². The number of aryl methyl sites for hydroxylation is 2. The van der Waals surface area contributed by atoms with E-state index in [-0.39, 0.29) is 30.9 Å². The third-order valence-corrected chi connectivity index (χ3v) is 6.19. The Bertz CT molecular complexity index is 1120. The van der Waals surface area contributed by atoms with Crippen LogP contribution in [0.2, 0.25) is 5.02 Å². The largest absolute Gasteiger partial charge is 0.481 e. The van der Waals surface area contributed by atoms with Crippen LogP contribution in [-0.2, 0) is 18.3 Å². The van der Waals surface area contributed by atoms with Crippen molar-refractivity contribution in [2.24, 2.45) is 7.05 Å². The normalized spacial score (nSPS) is 12.2. The van der Waals surface area contributed by atoms with Crippen LogP contribution in [0.3, 0.4) is 0 Å². The minimum Gasteiger partial charge on any atom is -0.481 e. The molecule has 0 saturated heterocycles. The summed E-state index contributed by atoms with van der Waals surface area (Å²) in [6.45, 7) is 0. The van der Waals surface area contributed by atoms with Gasteiger partial charge in [0.1, 0.15) is 5.82 Å². The van der Waals surface area contributed by atoms with Crippen LogP contribution in [0.5, 0.6) is 0 Å². The monoisotopic (exact) mass is 473 g/mol. The second kappa shape index (κ2) is 11.4. The molecule has 0 aliphatic heterocycles. The zero-order chi connectivity index (χ0) is 24.0. The van der Waals surface area contributed by atoms with Gasteiger partial charge in [-0.25, -0.2) is 4.39 Å². The predicted octanol–water partition coefficient (Wildman–Crippen LogP) is 6.24. The number of aliphatic hydroxyl groups is 1. The zero-order valence-electron chi connectivity index (χ0n) is 18.7. The first-order valence-corrected chi connectivity index (χ1v) is 11.6. The van der Waals surface area contributed by atoms with E-state index in [2.05, 4.69) is 0 Å². The van der Waals surface area contributed by atoms with E-state index in [1.165, 1.54) is 12.1 Å². The zero-order valence-corrected chi connectivity index (χ0v) is 19.4. The fraction of sp³-hybridized carbons (Fsp3) is 0.385. The number of fused-ring (bicyclic) bond motifs is 1. The SMILES string of the molecule is Cn1c(C(O)CCCCCc2ccc(F)cc2)c(C(=O)CCCC(=O)O)c2cc(Cl)ccc21. The number of unbranched alkanes of at least 4 members (excludes halogenated alkanes) is 2. The van der Waals surface area contributed by atoms with Gasteiger partial charge >= 0.3 is 5.97 Å². The van der Waals surface area contributed by atoms with Crippen molar-refractivity contribution >= 4 is 34.3 Å². The fourth-order valence-electron chi connectivity index (χ4n) is 4.28. The van der Waals surface area contributed by atoms with Crippen molar-refractivity contribution in [1.29, 1.82) is 0 Å². The molecule has 3 aromatic rings. The number of hydrogen-bond acceptors (Lipinski definition) is 3. The number of halogens is 2. The molecular formula is C26H29ClFNO4. The van der Waals surface area contributed by atoms with Gasteiger partial charge in [-0.3, -0.25) is 9.59 Å². The standard InChI is InChI=1S/C26H29ClFNO4/c1-29-21-15-12-18(27)16-20(21)25(22(30)8-5-9-24(32)33)26(29)23(31)7-4-2-3-6-17-10-13-19(28)14-11-17/h10-16,23,31H,2-9H2,1H3,(H,32,33). The quantitative estimate of drug-likeness (QED) is 0.241. The van der Waals surface area contributed by atoms with E-state index >= 15 is 0 Å². The summed E-state index contributed by atoms with van der Waals surface area (Å²) in [7, 11) is 1.82. The second-order valence-electron chi connectivity index (χ2n) is 8.39. The smallest absolute Gasteiger partial charge is 0.303 e. The number of carboxylic acid groups (broad SMARTS) is 1. The molecule has 1 atom stereocenters. The average Bonchev–Trinajstić information content (AvgIpc) is 3.06. The molecule has 1 unspecified atom stereocenters. The van der Waals surface area contributed by atoms with Crippen molar-refractivity contribution in [2.45, 2.75) is 57.5 Å². The van der Waals surface area contributed by atoms with Crippen LogP contribution >= 0.6 is 11.6 Å².